The Hall–Kier alpha value is -2.65. The van der Waals surface area contributed by atoms with Gasteiger partial charge in [0.05, 0.1) is 0 Å². The molecule has 0 amide bonds. The van der Waals surface area contributed by atoms with E-state index in [1.807, 2.05) is 17.1 Å². The van der Waals surface area contributed by atoms with E-state index in [2.05, 4.69) is 47.6 Å². The molecule has 4 N–H and O–H groups in total. The van der Waals surface area contributed by atoms with Crippen LogP contribution in [0.4, 0.5) is 0 Å². The third-order valence-electron chi connectivity index (χ3n) is 6.40. The van der Waals surface area contributed by atoms with E-state index in [1.54, 1.807) is 0 Å². The number of benzene rings is 1. The van der Waals surface area contributed by atoms with Crippen molar-refractivity contribution in [2.24, 2.45) is 11.3 Å². The van der Waals surface area contributed by atoms with Crippen LogP contribution < -0.4 is 16.0 Å². The molecule has 0 radical (unpaired) electrons. The van der Waals surface area contributed by atoms with Crippen LogP contribution in [-0.2, 0) is 10.0 Å². The average molecular weight is 431 g/mol. The predicted octanol–water partition coefficient (Wildman–Crippen LogP) is 2.27. The van der Waals surface area contributed by atoms with E-state index < -0.39 is 26.2 Å². The van der Waals surface area contributed by atoms with Gasteiger partial charge in [0, 0.05) is 28.8 Å². The first-order chi connectivity index (χ1) is 14.0. The Kier molecular flexibility index (Phi) is 4.78. The first-order valence-electron chi connectivity index (χ1n) is 9.94. The number of fused-ring (bicyclic) bond motifs is 1. The van der Waals surface area contributed by atoms with Gasteiger partial charge in [0.2, 0.25) is 10.0 Å². The van der Waals surface area contributed by atoms with Crippen molar-refractivity contribution in [1.82, 2.24) is 19.7 Å². The van der Waals surface area contributed by atoms with Crippen molar-refractivity contribution in [2.75, 3.05) is 6.54 Å². The van der Waals surface area contributed by atoms with Gasteiger partial charge in [0.1, 0.15) is 0 Å². The molecule has 2 atom stereocenters. The zero-order valence-corrected chi connectivity index (χ0v) is 18.2. The number of nitrogens with one attached hydrogen (secondary N) is 4. The normalized spacial score (nSPS) is 20.5. The van der Waals surface area contributed by atoms with Crippen molar-refractivity contribution in [3.8, 4) is 0 Å². The summed E-state index contributed by atoms with van der Waals surface area (Å²) in [5.41, 5.74) is 1.99. The minimum Gasteiger partial charge on any atom is -0.358 e. The van der Waals surface area contributed by atoms with E-state index in [9.17, 15) is 18.0 Å². The third kappa shape index (κ3) is 3.31. The SMILES string of the molecule is Cc1[nH]c(=O)[nH]c(=O)c1S(=O)(=O)NCCC1C(c2c(C)[nH]c3ccccc23)C1(C)C. The van der Waals surface area contributed by atoms with Crippen LogP contribution >= 0.6 is 0 Å². The fraction of sp³-hybridized carbons (Fsp3) is 0.429. The van der Waals surface area contributed by atoms with E-state index in [1.165, 1.54) is 17.9 Å². The number of aromatic nitrogens is 3. The fourth-order valence-corrected chi connectivity index (χ4v) is 6.17. The van der Waals surface area contributed by atoms with Crippen LogP contribution in [-0.4, -0.2) is 29.9 Å². The van der Waals surface area contributed by atoms with E-state index in [4.69, 9.17) is 0 Å². The molecule has 0 saturated heterocycles. The minimum atomic E-state index is -4.03. The zero-order chi connectivity index (χ0) is 21.8. The number of hydrogen-bond donors (Lipinski definition) is 4. The highest BCUT2D eigenvalue weighted by Crippen LogP contribution is 2.67. The molecule has 0 spiro atoms. The summed E-state index contributed by atoms with van der Waals surface area (Å²) in [5, 5.41) is 1.21. The Balaban J connectivity index is 1.52. The van der Waals surface area contributed by atoms with E-state index in [0.29, 0.717) is 18.3 Å². The molecule has 4 rings (SSSR count). The first-order valence-corrected chi connectivity index (χ1v) is 11.4. The summed E-state index contributed by atoms with van der Waals surface area (Å²) in [6.45, 7) is 8.09. The summed E-state index contributed by atoms with van der Waals surface area (Å²) in [4.78, 5) is 30.6. The highest BCUT2D eigenvalue weighted by atomic mass is 32.2. The van der Waals surface area contributed by atoms with Crippen LogP contribution in [0.15, 0.2) is 38.8 Å². The van der Waals surface area contributed by atoms with Crippen LogP contribution in [0.1, 0.15) is 43.1 Å². The van der Waals surface area contributed by atoms with Gasteiger partial charge in [-0.3, -0.25) is 9.78 Å². The predicted molar refractivity (Wildman–Crippen MR) is 115 cm³/mol. The Morgan fingerprint density at radius 2 is 1.73 bits per heavy atom. The van der Waals surface area contributed by atoms with Gasteiger partial charge in [0.25, 0.3) is 5.56 Å². The molecule has 160 valence electrons. The van der Waals surface area contributed by atoms with Crippen molar-refractivity contribution >= 4 is 20.9 Å². The zero-order valence-electron chi connectivity index (χ0n) is 17.4. The summed E-state index contributed by atoms with van der Waals surface area (Å²) in [6, 6.07) is 8.22. The molecule has 0 aliphatic heterocycles. The molecule has 30 heavy (non-hydrogen) atoms. The quantitative estimate of drug-likeness (QED) is 0.478. The van der Waals surface area contributed by atoms with Gasteiger partial charge in [-0.15, -0.1) is 0 Å². The number of aromatic amines is 3. The highest BCUT2D eigenvalue weighted by molar-refractivity contribution is 7.89. The maximum atomic E-state index is 12.6. The Morgan fingerprint density at radius 1 is 1.03 bits per heavy atom. The maximum absolute atomic E-state index is 12.6. The molecule has 3 aromatic rings. The number of para-hydroxylation sites is 1. The summed E-state index contributed by atoms with van der Waals surface area (Å²) in [6.07, 6.45) is 0.649. The van der Waals surface area contributed by atoms with Crippen molar-refractivity contribution in [1.29, 1.82) is 0 Å². The maximum Gasteiger partial charge on any atom is 0.325 e. The molecule has 1 aromatic carbocycles. The minimum absolute atomic E-state index is 0.0234. The highest BCUT2D eigenvalue weighted by Gasteiger charge is 2.58. The lowest BCUT2D eigenvalue weighted by Gasteiger charge is -2.08. The molecule has 2 heterocycles. The number of aryl methyl sites for hydroxylation is 2. The largest absolute Gasteiger partial charge is 0.358 e. The number of hydrogen-bond acceptors (Lipinski definition) is 4. The fourth-order valence-electron chi connectivity index (χ4n) is 4.89. The molecule has 1 aliphatic rings. The van der Waals surface area contributed by atoms with Crippen LogP contribution in [0, 0.1) is 25.2 Å². The smallest absolute Gasteiger partial charge is 0.325 e. The Labute approximate surface area is 174 Å². The number of H-pyrrole nitrogens is 3. The Bertz CT molecular complexity index is 1350. The van der Waals surface area contributed by atoms with Gasteiger partial charge >= 0.3 is 5.69 Å². The van der Waals surface area contributed by atoms with Crippen LogP contribution in [0.3, 0.4) is 0 Å². The topological polar surface area (TPSA) is 128 Å². The van der Waals surface area contributed by atoms with Crippen molar-refractivity contribution in [3.63, 3.8) is 0 Å². The summed E-state index contributed by atoms with van der Waals surface area (Å²) in [5.74, 6) is 0.643. The molecule has 2 unspecified atom stereocenters. The van der Waals surface area contributed by atoms with E-state index in [0.717, 1.165) is 11.2 Å². The van der Waals surface area contributed by atoms with Crippen molar-refractivity contribution < 1.29 is 8.42 Å². The van der Waals surface area contributed by atoms with Crippen LogP contribution in [0.2, 0.25) is 0 Å². The van der Waals surface area contributed by atoms with E-state index in [-0.39, 0.29) is 17.7 Å². The standard InChI is InChI=1S/C21H26N4O4S/c1-11-16(13-7-5-6-8-15(13)23-11)17-14(21(17,3)4)9-10-22-30(28,29)18-12(2)24-20(27)25-19(18)26/h5-8,14,17,22-23H,9-10H2,1-4H3,(H2,24,25,26,27). The molecule has 1 saturated carbocycles. The monoisotopic (exact) mass is 430 g/mol. The molecular formula is C21H26N4O4S. The lowest BCUT2D eigenvalue weighted by molar-refractivity contribution is 0.521. The Morgan fingerprint density at radius 3 is 2.43 bits per heavy atom. The summed E-state index contributed by atoms with van der Waals surface area (Å²) in [7, 11) is -4.03. The second-order valence-corrected chi connectivity index (χ2v) is 10.4. The third-order valence-corrected chi connectivity index (χ3v) is 8.01. The van der Waals surface area contributed by atoms with Gasteiger partial charge in [-0.05, 0) is 49.1 Å². The molecule has 1 aliphatic carbocycles. The lowest BCUT2D eigenvalue weighted by Crippen LogP contribution is -2.35. The van der Waals surface area contributed by atoms with Crippen LogP contribution in [0.25, 0.3) is 10.9 Å². The van der Waals surface area contributed by atoms with Crippen molar-refractivity contribution in [3.05, 3.63) is 62.1 Å². The molecule has 9 heteroatoms. The molecule has 8 nitrogen and oxygen atoms in total. The van der Waals surface area contributed by atoms with Gasteiger partial charge in [-0.1, -0.05) is 32.0 Å². The van der Waals surface area contributed by atoms with Gasteiger partial charge < -0.3 is 9.97 Å². The molecule has 1 fully saturated rings. The average Bonchev–Trinajstić information content (AvgIpc) is 2.99. The summed E-state index contributed by atoms with van der Waals surface area (Å²) < 4.78 is 27.8. The van der Waals surface area contributed by atoms with Crippen LogP contribution in [0.5, 0.6) is 0 Å². The first kappa shape index (κ1) is 20.6. The molecular weight excluding hydrogens is 404 g/mol. The van der Waals surface area contributed by atoms with Crippen molar-refractivity contribution in [2.45, 2.75) is 44.9 Å². The number of rotatable bonds is 6. The van der Waals surface area contributed by atoms with Gasteiger partial charge in [0.15, 0.2) is 4.90 Å². The van der Waals surface area contributed by atoms with E-state index >= 15 is 0 Å². The van der Waals surface area contributed by atoms with Gasteiger partial charge in [-0.25, -0.2) is 17.9 Å². The number of sulfonamides is 1. The molecule has 2 aromatic heterocycles. The second kappa shape index (κ2) is 6.95. The summed E-state index contributed by atoms with van der Waals surface area (Å²) >= 11 is 0. The molecule has 0 bridgehead atoms. The second-order valence-electron chi connectivity index (χ2n) is 8.66. The lowest BCUT2D eigenvalue weighted by atomic mass is 10.0. The van der Waals surface area contributed by atoms with Gasteiger partial charge in [-0.2, -0.15) is 0 Å².